The maximum absolute atomic E-state index is 5.80. The van der Waals surface area contributed by atoms with Crippen molar-refractivity contribution in [2.24, 2.45) is 0 Å². The highest BCUT2D eigenvalue weighted by atomic mass is 16.5. The molecule has 21 heavy (non-hydrogen) atoms. The van der Waals surface area contributed by atoms with Gasteiger partial charge in [-0.2, -0.15) is 0 Å². The molecule has 0 saturated carbocycles. The largest absolute Gasteiger partial charge is 0.374 e. The zero-order valence-corrected chi connectivity index (χ0v) is 12.8. The fraction of sp³-hybridized carbons (Fsp3) is 0.444. The summed E-state index contributed by atoms with van der Waals surface area (Å²) in [6, 6.07) is 10.4. The Morgan fingerprint density at radius 1 is 1.24 bits per heavy atom. The minimum atomic E-state index is -0.179. The van der Waals surface area contributed by atoms with E-state index in [-0.39, 0.29) is 5.60 Å². The summed E-state index contributed by atoms with van der Waals surface area (Å²) < 4.78 is 11.5. The minimum Gasteiger partial charge on any atom is -0.374 e. The summed E-state index contributed by atoms with van der Waals surface area (Å²) in [6.45, 7) is 3.57. The SMILES string of the molecule is COC1(C)C=CC2=C(CCCOCN2c2ccccc2)C1. The van der Waals surface area contributed by atoms with Crippen LogP contribution in [0.5, 0.6) is 0 Å². The Labute approximate surface area is 126 Å². The van der Waals surface area contributed by atoms with E-state index in [1.165, 1.54) is 17.0 Å². The Balaban J connectivity index is 1.98. The number of anilines is 1. The average molecular weight is 285 g/mol. The molecule has 112 valence electrons. The second-order valence-electron chi connectivity index (χ2n) is 5.92. The van der Waals surface area contributed by atoms with Crippen molar-refractivity contribution in [3.05, 3.63) is 53.8 Å². The van der Waals surface area contributed by atoms with Gasteiger partial charge in [0.25, 0.3) is 0 Å². The van der Waals surface area contributed by atoms with Crippen LogP contribution in [0.25, 0.3) is 0 Å². The van der Waals surface area contributed by atoms with Crippen molar-refractivity contribution in [1.29, 1.82) is 0 Å². The second-order valence-corrected chi connectivity index (χ2v) is 5.92. The van der Waals surface area contributed by atoms with Gasteiger partial charge >= 0.3 is 0 Å². The zero-order valence-electron chi connectivity index (χ0n) is 12.8. The van der Waals surface area contributed by atoms with Crippen LogP contribution in [0.3, 0.4) is 0 Å². The van der Waals surface area contributed by atoms with Crippen molar-refractivity contribution >= 4 is 5.69 Å². The molecule has 3 nitrogen and oxygen atoms in total. The lowest BCUT2D eigenvalue weighted by Gasteiger charge is -2.36. The zero-order chi connectivity index (χ0) is 14.7. The van der Waals surface area contributed by atoms with Crippen molar-refractivity contribution in [2.75, 3.05) is 25.3 Å². The van der Waals surface area contributed by atoms with E-state index < -0.39 is 0 Å². The molecule has 0 N–H and O–H groups in total. The van der Waals surface area contributed by atoms with Crippen LogP contribution < -0.4 is 4.90 Å². The van der Waals surface area contributed by atoms with Crippen LogP contribution >= 0.6 is 0 Å². The highest BCUT2D eigenvalue weighted by Gasteiger charge is 2.29. The number of nitrogens with zero attached hydrogens (tertiary/aromatic N) is 1. The molecule has 1 aromatic rings. The van der Waals surface area contributed by atoms with Crippen molar-refractivity contribution in [3.63, 3.8) is 0 Å². The third-order valence-electron chi connectivity index (χ3n) is 4.33. The minimum absolute atomic E-state index is 0.179. The normalized spacial score (nSPS) is 26.3. The van der Waals surface area contributed by atoms with E-state index >= 15 is 0 Å². The molecule has 0 saturated heterocycles. The van der Waals surface area contributed by atoms with E-state index in [4.69, 9.17) is 9.47 Å². The summed E-state index contributed by atoms with van der Waals surface area (Å²) in [7, 11) is 1.79. The molecule has 0 bridgehead atoms. The summed E-state index contributed by atoms with van der Waals surface area (Å²) in [5, 5.41) is 0. The van der Waals surface area contributed by atoms with Gasteiger partial charge in [0, 0.05) is 31.5 Å². The first-order valence-corrected chi connectivity index (χ1v) is 7.59. The summed E-state index contributed by atoms with van der Waals surface area (Å²) in [5.41, 5.74) is 3.74. The highest BCUT2D eigenvalue weighted by Crippen LogP contribution is 2.36. The lowest BCUT2D eigenvalue weighted by molar-refractivity contribution is 0.0455. The summed E-state index contributed by atoms with van der Waals surface area (Å²) in [4.78, 5) is 2.26. The molecular weight excluding hydrogens is 262 g/mol. The van der Waals surface area contributed by atoms with Gasteiger partial charge in [0.1, 0.15) is 6.73 Å². The van der Waals surface area contributed by atoms with Gasteiger partial charge < -0.3 is 14.4 Å². The topological polar surface area (TPSA) is 21.7 Å². The third-order valence-corrected chi connectivity index (χ3v) is 4.33. The van der Waals surface area contributed by atoms with Crippen LogP contribution in [0.2, 0.25) is 0 Å². The van der Waals surface area contributed by atoms with Gasteiger partial charge in [-0.3, -0.25) is 0 Å². The fourth-order valence-corrected chi connectivity index (χ4v) is 3.02. The first kappa shape index (κ1) is 14.4. The number of allylic oxidation sites excluding steroid dienone is 1. The number of para-hydroxylation sites is 1. The number of hydrogen-bond donors (Lipinski definition) is 0. The van der Waals surface area contributed by atoms with Crippen LogP contribution in [-0.4, -0.2) is 26.0 Å². The smallest absolute Gasteiger partial charge is 0.123 e. The summed E-state index contributed by atoms with van der Waals surface area (Å²) >= 11 is 0. The predicted molar refractivity (Wildman–Crippen MR) is 85.2 cm³/mol. The molecule has 1 heterocycles. The fourth-order valence-electron chi connectivity index (χ4n) is 3.02. The van der Waals surface area contributed by atoms with Crippen molar-refractivity contribution in [2.45, 2.75) is 31.8 Å². The molecule has 0 amide bonds. The molecule has 0 aromatic heterocycles. The maximum Gasteiger partial charge on any atom is 0.123 e. The van der Waals surface area contributed by atoms with Gasteiger partial charge in [0.2, 0.25) is 0 Å². The van der Waals surface area contributed by atoms with E-state index in [1.54, 1.807) is 7.11 Å². The maximum atomic E-state index is 5.80. The number of methoxy groups -OCH3 is 1. The number of ether oxygens (including phenoxy) is 2. The quantitative estimate of drug-likeness (QED) is 0.823. The Morgan fingerprint density at radius 3 is 2.81 bits per heavy atom. The average Bonchev–Trinajstić information content (AvgIpc) is 2.50. The molecule has 2 aliphatic rings. The summed E-state index contributed by atoms with van der Waals surface area (Å²) in [6.07, 6.45) is 7.48. The van der Waals surface area contributed by atoms with Gasteiger partial charge in [0.05, 0.1) is 5.60 Å². The lowest BCUT2D eigenvalue weighted by Crippen LogP contribution is -2.34. The standard InChI is InChI=1S/C18H23NO2/c1-18(20-2)11-10-17-15(13-18)7-6-12-21-14-19(17)16-8-4-3-5-9-16/h3-5,8-11H,6-7,12-14H2,1-2H3. The van der Waals surface area contributed by atoms with Gasteiger partial charge in [-0.1, -0.05) is 24.3 Å². The van der Waals surface area contributed by atoms with Crippen LogP contribution in [0.1, 0.15) is 26.2 Å². The number of hydrogen-bond acceptors (Lipinski definition) is 3. The molecule has 1 aliphatic heterocycles. The van der Waals surface area contributed by atoms with Crippen molar-refractivity contribution in [3.8, 4) is 0 Å². The Morgan fingerprint density at radius 2 is 2.05 bits per heavy atom. The number of benzene rings is 1. The Bertz CT molecular complexity index is 550. The molecule has 1 unspecified atom stereocenters. The highest BCUT2D eigenvalue weighted by molar-refractivity contribution is 5.56. The van der Waals surface area contributed by atoms with Gasteiger partial charge in [-0.25, -0.2) is 0 Å². The van der Waals surface area contributed by atoms with Crippen LogP contribution in [0, 0.1) is 0 Å². The third kappa shape index (κ3) is 3.04. The van der Waals surface area contributed by atoms with E-state index in [9.17, 15) is 0 Å². The van der Waals surface area contributed by atoms with Crippen LogP contribution in [0.4, 0.5) is 5.69 Å². The van der Waals surface area contributed by atoms with Crippen molar-refractivity contribution in [1.82, 2.24) is 0 Å². The molecule has 0 fully saturated rings. The van der Waals surface area contributed by atoms with Gasteiger partial charge in [0.15, 0.2) is 0 Å². The van der Waals surface area contributed by atoms with Crippen LogP contribution in [-0.2, 0) is 9.47 Å². The Kier molecular flexibility index (Phi) is 4.13. The number of rotatable bonds is 2. The Hall–Kier alpha value is -1.58. The molecule has 3 rings (SSSR count). The molecule has 0 radical (unpaired) electrons. The van der Waals surface area contributed by atoms with Gasteiger partial charge in [-0.15, -0.1) is 0 Å². The summed E-state index contributed by atoms with van der Waals surface area (Å²) in [5.74, 6) is 0. The molecule has 0 spiro atoms. The first-order chi connectivity index (χ1) is 10.2. The van der Waals surface area contributed by atoms with E-state index in [2.05, 4.69) is 48.2 Å². The first-order valence-electron chi connectivity index (χ1n) is 7.59. The van der Waals surface area contributed by atoms with E-state index in [0.717, 1.165) is 25.9 Å². The molecule has 1 aromatic carbocycles. The lowest BCUT2D eigenvalue weighted by atomic mass is 9.86. The molecule has 1 atom stereocenters. The van der Waals surface area contributed by atoms with E-state index in [1.807, 2.05) is 6.07 Å². The van der Waals surface area contributed by atoms with E-state index in [0.29, 0.717) is 6.73 Å². The monoisotopic (exact) mass is 285 g/mol. The molecule has 1 aliphatic carbocycles. The molecule has 3 heteroatoms. The predicted octanol–water partition coefficient (Wildman–Crippen LogP) is 3.88. The van der Waals surface area contributed by atoms with Crippen molar-refractivity contribution < 1.29 is 9.47 Å². The second kappa shape index (κ2) is 6.04. The van der Waals surface area contributed by atoms with Gasteiger partial charge in [-0.05, 0) is 43.5 Å². The van der Waals surface area contributed by atoms with Crippen LogP contribution in [0.15, 0.2) is 53.8 Å². The molecular formula is C18H23NO2.